The third kappa shape index (κ3) is 4.57. The summed E-state index contributed by atoms with van der Waals surface area (Å²) in [6.45, 7) is 6.50. The van der Waals surface area contributed by atoms with Gasteiger partial charge in [-0.15, -0.1) is 0 Å². The van der Waals surface area contributed by atoms with Gasteiger partial charge in [-0.3, -0.25) is 9.59 Å². The highest BCUT2D eigenvalue weighted by Crippen LogP contribution is 2.16. The molecule has 1 unspecified atom stereocenters. The molecule has 24 heavy (non-hydrogen) atoms. The van der Waals surface area contributed by atoms with Gasteiger partial charge in [-0.1, -0.05) is 26.0 Å². The van der Waals surface area contributed by atoms with Crippen LogP contribution in [0.1, 0.15) is 45.9 Å². The van der Waals surface area contributed by atoms with E-state index in [0.717, 1.165) is 23.9 Å². The van der Waals surface area contributed by atoms with E-state index in [1.165, 1.54) is 0 Å². The molecule has 2 N–H and O–H groups in total. The van der Waals surface area contributed by atoms with Gasteiger partial charge in [0.2, 0.25) is 11.8 Å². The molecular weight excluding hydrogens is 304 g/mol. The molecule has 0 aliphatic carbocycles. The highest BCUT2D eigenvalue weighted by atomic mass is 16.2. The van der Waals surface area contributed by atoms with Crippen LogP contribution in [0, 0.1) is 0 Å². The third-order valence-corrected chi connectivity index (χ3v) is 3.98. The maximum Gasteiger partial charge on any atom is 0.240 e. The molecule has 0 saturated heterocycles. The van der Waals surface area contributed by atoms with E-state index in [9.17, 15) is 9.59 Å². The number of nitrogens with one attached hydrogen (secondary N) is 2. The van der Waals surface area contributed by atoms with Crippen molar-refractivity contribution >= 4 is 22.8 Å². The molecule has 0 aliphatic heterocycles. The van der Waals surface area contributed by atoms with Crippen LogP contribution in [0.5, 0.6) is 0 Å². The van der Waals surface area contributed by atoms with Gasteiger partial charge in [-0.25, -0.2) is 4.98 Å². The first kappa shape index (κ1) is 18.0. The predicted octanol–water partition coefficient (Wildman–Crippen LogP) is 2.37. The van der Waals surface area contributed by atoms with Gasteiger partial charge in [0.25, 0.3) is 0 Å². The third-order valence-electron chi connectivity index (χ3n) is 3.98. The molecule has 1 atom stereocenters. The molecule has 0 saturated carbocycles. The number of benzene rings is 1. The summed E-state index contributed by atoms with van der Waals surface area (Å²) in [5.74, 6) is 0.647. The fourth-order valence-corrected chi connectivity index (χ4v) is 2.50. The fourth-order valence-electron chi connectivity index (χ4n) is 2.50. The van der Waals surface area contributed by atoms with E-state index < -0.39 is 0 Å². The lowest BCUT2D eigenvalue weighted by atomic mass is 10.2. The zero-order valence-corrected chi connectivity index (χ0v) is 14.6. The van der Waals surface area contributed by atoms with Gasteiger partial charge in [0.05, 0.1) is 17.6 Å². The summed E-state index contributed by atoms with van der Waals surface area (Å²) in [5.41, 5.74) is 1.73. The minimum atomic E-state index is -0.0476. The van der Waals surface area contributed by atoms with Crippen LogP contribution >= 0.6 is 0 Å². The number of amides is 2. The Morgan fingerprint density at radius 1 is 1.21 bits per heavy atom. The quantitative estimate of drug-likeness (QED) is 0.780. The molecule has 6 nitrogen and oxygen atoms in total. The zero-order valence-electron chi connectivity index (χ0n) is 14.6. The van der Waals surface area contributed by atoms with Gasteiger partial charge in [-0.2, -0.15) is 0 Å². The van der Waals surface area contributed by atoms with Crippen LogP contribution in [0.2, 0.25) is 0 Å². The maximum atomic E-state index is 12.3. The summed E-state index contributed by atoms with van der Waals surface area (Å²) in [6.07, 6.45) is 2.19. The topological polar surface area (TPSA) is 76.0 Å². The van der Waals surface area contributed by atoms with Crippen molar-refractivity contribution in [2.45, 2.75) is 59.2 Å². The van der Waals surface area contributed by atoms with Crippen LogP contribution in [0.15, 0.2) is 24.3 Å². The van der Waals surface area contributed by atoms with Crippen molar-refractivity contribution in [2.75, 3.05) is 0 Å². The van der Waals surface area contributed by atoms with Crippen LogP contribution in [-0.2, 0) is 22.7 Å². The molecule has 1 aromatic heterocycles. The SMILES string of the molecule is CCCC(=O)NCc1nc2ccccc2n1CC(=O)NC(C)CC. The molecule has 130 valence electrons. The number of imidazole rings is 1. The second-order valence-corrected chi connectivity index (χ2v) is 6.01. The van der Waals surface area contributed by atoms with Crippen molar-refractivity contribution in [3.05, 3.63) is 30.1 Å². The van der Waals surface area contributed by atoms with E-state index in [2.05, 4.69) is 15.6 Å². The standard InChI is InChI=1S/C18H26N4O2/c1-4-8-17(23)19-11-16-21-14-9-6-7-10-15(14)22(16)12-18(24)20-13(3)5-2/h6-7,9-10,13H,4-5,8,11-12H2,1-3H3,(H,19,23)(H,20,24). The van der Waals surface area contributed by atoms with Crippen molar-refractivity contribution < 1.29 is 9.59 Å². The summed E-state index contributed by atoms with van der Waals surface area (Å²) in [6, 6.07) is 7.83. The lowest BCUT2D eigenvalue weighted by Gasteiger charge is -2.14. The van der Waals surface area contributed by atoms with E-state index in [0.29, 0.717) is 18.8 Å². The van der Waals surface area contributed by atoms with Crippen LogP contribution < -0.4 is 10.6 Å². The first-order valence-electron chi connectivity index (χ1n) is 8.55. The second-order valence-electron chi connectivity index (χ2n) is 6.01. The number of hydrogen-bond donors (Lipinski definition) is 2. The second kappa shape index (κ2) is 8.47. The Hall–Kier alpha value is -2.37. The molecule has 0 radical (unpaired) electrons. The van der Waals surface area contributed by atoms with Crippen LogP contribution in [0.4, 0.5) is 0 Å². The largest absolute Gasteiger partial charge is 0.352 e. The maximum absolute atomic E-state index is 12.3. The predicted molar refractivity (Wildman–Crippen MR) is 94.4 cm³/mol. The zero-order chi connectivity index (χ0) is 17.5. The number of carbonyl (C=O) groups excluding carboxylic acids is 2. The van der Waals surface area contributed by atoms with Crippen LogP contribution in [0.3, 0.4) is 0 Å². The molecule has 0 spiro atoms. The summed E-state index contributed by atoms with van der Waals surface area (Å²) in [5, 5.41) is 5.84. The van der Waals surface area contributed by atoms with E-state index in [-0.39, 0.29) is 24.4 Å². The summed E-state index contributed by atoms with van der Waals surface area (Å²) in [4.78, 5) is 28.6. The normalized spacial score (nSPS) is 12.1. The van der Waals surface area contributed by atoms with E-state index in [1.54, 1.807) is 0 Å². The first-order valence-corrected chi connectivity index (χ1v) is 8.55. The molecule has 1 heterocycles. The Balaban J connectivity index is 2.20. The molecule has 0 fully saturated rings. The molecule has 1 aromatic carbocycles. The highest BCUT2D eigenvalue weighted by molar-refractivity contribution is 5.81. The number of hydrogen-bond acceptors (Lipinski definition) is 3. The Morgan fingerprint density at radius 2 is 1.96 bits per heavy atom. The van der Waals surface area contributed by atoms with Gasteiger partial charge in [0, 0.05) is 12.5 Å². The molecular formula is C18H26N4O2. The van der Waals surface area contributed by atoms with Gasteiger partial charge < -0.3 is 15.2 Å². The Morgan fingerprint density at radius 3 is 2.67 bits per heavy atom. The number of para-hydroxylation sites is 2. The Labute approximate surface area is 142 Å². The molecule has 0 bridgehead atoms. The number of fused-ring (bicyclic) bond motifs is 1. The van der Waals surface area contributed by atoms with Crippen LogP contribution in [-0.4, -0.2) is 27.4 Å². The van der Waals surface area contributed by atoms with E-state index in [4.69, 9.17) is 0 Å². The number of aromatic nitrogens is 2. The van der Waals surface area contributed by atoms with Gasteiger partial charge in [0.1, 0.15) is 12.4 Å². The fraction of sp³-hybridized carbons (Fsp3) is 0.500. The van der Waals surface area contributed by atoms with Gasteiger partial charge in [0.15, 0.2) is 0 Å². The average Bonchev–Trinajstić information content (AvgIpc) is 2.91. The lowest BCUT2D eigenvalue weighted by Crippen LogP contribution is -2.35. The first-order chi connectivity index (χ1) is 11.5. The molecule has 2 amide bonds. The van der Waals surface area contributed by atoms with Crippen molar-refractivity contribution in [3.8, 4) is 0 Å². The van der Waals surface area contributed by atoms with E-state index in [1.807, 2.05) is 49.6 Å². The Bertz CT molecular complexity index is 708. The summed E-state index contributed by atoms with van der Waals surface area (Å²) < 4.78 is 1.87. The van der Waals surface area contributed by atoms with Crippen molar-refractivity contribution in [3.63, 3.8) is 0 Å². The van der Waals surface area contributed by atoms with Gasteiger partial charge >= 0.3 is 0 Å². The minimum absolute atomic E-state index is 0.000151. The highest BCUT2D eigenvalue weighted by Gasteiger charge is 2.15. The lowest BCUT2D eigenvalue weighted by molar-refractivity contribution is -0.122. The smallest absolute Gasteiger partial charge is 0.240 e. The average molecular weight is 330 g/mol. The van der Waals surface area contributed by atoms with Crippen molar-refractivity contribution in [1.82, 2.24) is 20.2 Å². The number of carbonyl (C=O) groups is 2. The minimum Gasteiger partial charge on any atom is -0.352 e. The van der Waals surface area contributed by atoms with E-state index >= 15 is 0 Å². The van der Waals surface area contributed by atoms with Gasteiger partial charge in [-0.05, 0) is 31.9 Å². The van der Waals surface area contributed by atoms with Crippen molar-refractivity contribution in [2.24, 2.45) is 0 Å². The monoisotopic (exact) mass is 330 g/mol. The molecule has 6 heteroatoms. The van der Waals surface area contributed by atoms with Crippen molar-refractivity contribution in [1.29, 1.82) is 0 Å². The summed E-state index contributed by atoms with van der Waals surface area (Å²) in [7, 11) is 0. The Kier molecular flexibility index (Phi) is 6.35. The summed E-state index contributed by atoms with van der Waals surface area (Å²) >= 11 is 0. The number of nitrogens with zero attached hydrogens (tertiary/aromatic N) is 2. The van der Waals surface area contributed by atoms with Crippen LogP contribution in [0.25, 0.3) is 11.0 Å². The number of rotatable bonds is 8. The molecule has 2 aromatic rings. The molecule has 2 rings (SSSR count). The molecule has 0 aliphatic rings.